The largest absolute Gasteiger partial charge is 0.352 e. The van der Waals surface area contributed by atoms with E-state index in [1.165, 1.54) is 18.2 Å². The normalized spacial score (nSPS) is 20.2. The highest BCUT2D eigenvalue weighted by atomic mass is 32.2. The molecule has 1 saturated heterocycles. The molecule has 0 bridgehead atoms. The van der Waals surface area contributed by atoms with E-state index in [4.69, 9.17) is 0 Å². The summed E-state index contributed by atoms with van der Waals surface area (Å²) in [6.45, 7) is 1.60. The first kappa shape index (κ1) is 19.3. The van der Waals surface area contributed by atoms with Crippen LogP contribution in [-0.4, -0.2) is 54.1 Å². The van der Waals surface area contributed by atoms with Crippen molar-refractivity contribution in [3.8, 4) is 0 Å². The minimum absolute atomic E-state index is 0.0147. The topological polar surface area (TPSA) is 69.7 Å². The first-order valence-electron chi connectivity index (χ1n) is 10.3. The molecule has 28 heavy (non-hydrogen) atoms. The van der Waals surface area contributed by atoms with Crippen molar-refractivity contribution in [2.75, 3.05) is 30.3 Å². The molecule has 2 aliphatic heterocycles. The number of nitrogens with zero attached hydrogens (tertiary/aromatic N) is 2. The number of anilines is 1. The summed E-state index contributed by atoms with van der Waals surface area (Å²) >= 11 is 1.47. The Morgan fingerprint density at radius 3 is 2.57 bits per heavy atom. The average molecular weight is 402 g/mol. The number of hydrogen-bond acceptors (Lipinski definition) is 4. The molecule has 0 aromatic heterocycles. The number of fused-ring (bicyclic) bond motifs is 1. The molecular formula is C21H27N3O3S. The third-order valence-corrected chi connectivity index (χ3v) is 6.86. The van der Waals surface area contributed by atoms with Crippen molar-refractivity contribution in [3.05, 3.63) is 23.8 Å². The van der Waals surface area contributed by atoms with E-state index in [0.717, 1.165) is 56.5 Å². The number of carbonyl (C=O) groups is 3. The van der Waals surface area contributed by atoms with Crippen molar-refractivity contribution in [1.82, 2.24) is 10.2 Å². The number of benzene rings is 1. The fraction of sp³-hybridized carbons (Fsp3) is 0.571. The van der Waals surface area contributed by atoms with E-state index < -0.39 is 0 Å². The smallest absolute Gasteiger partial charge is 0.253 e. The lowest BCUT2D eigenvalue weighted by molar-refractivity contribution is -0.123. The number of likely N-dealkylation sites (tertiary alicyclic amines) is 1. The standard InChI is InChI=1S/C21H27N3O3S/c25-19(22-16-6-2-3-7-16)13-24-17-12-15(8-9-18(17)28-14-20(24)26)21(27)23-10-4-1-5-11-23/h8-9,12,16H,1-7,10-11,13-14H2,(H,22,25). The average Bonchev–Trinajstić information content (AvgIpc) is 3.23. The predicted octanol–water partition coefficient (Wildman–Crippen LogP) is 2.81. The van der Waals surface area contributed by atoms with Crippen molar-refractivity contribution in [2.45, 2.75) is 55.9 Å². The van der Waals surface area contributed by atoms with Gasteiger partial charge in [0.25, 0.3) is 5.91 Å². The molecule has 7 heteroatoms. The number of carbonyl (C=O) groups excluding carboxylic acids is 3. The number of hydrogen-bond donors (Lipinski definition) is 1. The van der Waals surface area contributed by atoms with Crippen LogP contribution in [0.5, 0.6) is 0 Å². The highest BCUT2D eigenvalue weighted by molar-refractivity contribution is 8.00. The molecule has 4 rings (SSSR count). The van der Waals surface area contributed by atoms with E-state index in [2.05, 4.69) is 5.32 Å². The summed E-state index contributed by atoms with van der Waals surface area (Å²) < 4.78 is 0. The molecule has 1 saturated carbocycles. The molecule has 2 fully saturated rings. The van der Waals surface area contributed by atoms with Gasteiger partial charge >= 0.3 is 0 Å². The van der Waals surface area contributed by atoms with Gasteiger partial charge < -0.3 is 15.1 Å². The molecule has 6 nitrogen and oxygen atoms in total. The third-order valence-electron chi connectivity index (χ3n) is 5.81. The molecule has 0 radical (unpaired) electrons. The fourth-order valence-corrected chi connectivity index (χ4v) is 5.19. The first-order valence-corrected chi connectivity index (χ1v) is 11.3. The van der Waals surface area contributed by atoms with Crippen LogP contribution in [-0.2, 0) is 9.59 Å². The van der Waals surface area contributed by atoms with Gasteiger partial charge in [0.05, 0.1) is 11.4 Å². The van der Waals surface area contributed by atoms with Crippen LogP contribution in [0, 0.1) is 0 Å². The lowest BCUT2D eigenvalue weighted by Gasteiger charge is -2.30. The predicted molar refractivity (Wildman–Crippen MR) is 110 cm³/mol. The van der Waals surface area contributed by atoms with Crippen LogP contribution in [0.2, 0.25) is 0 Å². The summed E-state index contributed by atoms with van der Waals surface area (Å²) in [6.07, 6.45) is 7.57. The number of thioether (sulfide) groups is 1. The number of piperidine rings is 1. The molecule has 0 atom stereocenters. The van der Waals surface area contributed by atoms with Gasteiger partial charge in [-0.3, -0.25) is 14.4 Å². The minimum atomic E-state index is -0.120. The van der Waals surface area contributed by atoms with Gasteiger partial charge in [0.2, 0.25) is 11.8 Å². The van der Waals surface area contributed by atoms with E-state index in [-0.39, 0.29) is 30.3 Å². The molecule has 0 spiro atoms. The second-order valence-corrected chi connectivity index (χ2v) is 8.87. The molecule has 1 aromatic rings. The Bertz CT molecular complexity index is 770. The van der Waals surface area contributed by atoms with Crippen LogP contribution in [0.25, 0.3) is 0 Å². The number of nitrogens with one attached hydrogen (secondary N) is 1. The van der Waals surface area contributed by atoms with Crippen molar-refractivity contribution >= 4 is 35.2 Å². The Morgan fingerprint density at radius 2 is 1.82 bits per heavy atom. The highest BCUT2D eigenvalue weighted by Crippen LogP contribution is 2.36. The Kier molecular flexibility index (Phi) is 5.90. The van der Waals surface area contributed by atoms with E-state index >= 15 is 0 Å². The molecule has 3 amide bonds. The lowest BCUT2D eigenvalue weighted by atomic mass is 10.1. The highest BCUT2D eigenvalue weighted by Gasteiger charge is 2.29. The van der Waals surface area contributed by atoms with Crippen molar-refractivity contribution in [2.24, 2.45) is 0 Å². The quantitative estimate of drug-likeness (QED) is 0.842. The zero-order valence-corrected chi connectivity index (χ0v) is 16.9. The maximum Gasteiger partial charge on any atom is 0.253 e. The number of amides is 3. The van der Waals surface area contributed by atoms with Gasteiger partial charge in [-0.25, -0.2) is 0 Å². The Labute approximate surface area is 170 Å². The molecule has 2 heterocycles. The summed E-state index contributed by atoms with van der Waals surface area (Å²) in [5.41, 5.74) is 1.28. The van der Waals surface area contributed by atoms with Gasteiger partial charge in [-0.1, -0.05) is 12.8 Å². The van der Waals surface area contributed by atoms with Crippen molar-refractivity contribution < 1.29 is 14.4 Å². The van der Waals surface area contributed by atoms with Gasteiger partial charge in [-0.05, 0) is 50.3 Å². The maximum atomic E-state index is 12.9. The van der Waals surface area contributed by atoms with Crippen LogP contribution in [0.1, 0.15) is 55.3 Å². The Hall–Kier alpha value is -2.02. The van der Waals surface area contributed by atoms with E-state index in [9.17, 15) is 14.4 Å². The Morgan fingerprint density at radius 1 is 1.07 bits per heavy atom. The van der Waals surface area contributed by atoms with E-state index in [1.807, 2.05) is 17.0 Å². The van der Waals surface area contributed by atoms with Crippen LogP contribution < -0.4 is 10.2 Å². The zero-order chi connectivity index (χ0) is 19.5. The summed E-state index contributed by atoms with van der Waals surface area (Å²) in [7, 11) is 0. The second-order valence-electron chi connectivity index (χ2n) is 7.85. The van der Waals surface area contributed by atoms with Crippen molar-refractivity contribution in [1.29, 1.82) is 0 Å². The summed E-state index contributed by atoms with van der Waals surface area (Å²) in [4.78, 5) is 42.3. The van der Waals surface area contributed by atoms with E-state index in [0.29, 0.717) is 17.0 Å². The summed E-state index contributed by atoms with van der Waals surface area (Å²) in [5.74, 6) is 0.136. The van der Waals surface area contributed by atoms with Gasteiger partial charge in [0.15, 0.2) is 0 Å². The lowest BCUT2D eigenvalue weighted by Crippen LogP contribution is -2.45. The van der Waals surface area contributed by atoms with Crippen LogP contribution >= 0.6 is 11.8 Å². The van der Waals surface area contributed by atoms with Crippen LogP contribution in [0.3, 0.4) is 0 Å². The minimum Gasteiger partial charge on any atom is -0.352 e. The van der Waals surface area contributed by atoms with E-state index in [1.54, 1.807) is 11.0 Å². The summed E-state index contributed by atoms with van der Waals surface area (Å²) in [5, 5.41) is 3.05. The van der Waals surface area contributed by atoms with Crippen LogP contribution in [0.4, 0.5) is 5.69 Å². The Balaban J connectivity index is 1.51. The maximum absolute atomic E-state index is 12.9. The van der Waals surface area contributed by atoms with Crippen molar-refractivity contribution in [3.63, 3.8) is 0 Å². The SMILES string of the molecule is O=C(CN1C(=O)CSc2ccc(C(=O)N3CCCCC3)cc21)NC1CCCC1. The molecule has 150 valence electrons. The number of rotatable bonds is 4. The molecule has 1 aliphatic carbocycles. The molecular weight excluding hydrogens is 374 g/mol. The monoisotopic (exact) mass is 401 g/mol. The van der Waals surface area contributed by atoms with Gasteiger partial charge in [0.1, 0.15) is 6.54 Å². The third kappa shape index (κ3) is 4.19. The second kappa shape index (κ2) is 8.55. The van der Waals surface area contributed by atoms with Gasteiger partial charge in [0, 0.05) is 29.6 Å². The van der Waals surface area contributed by atoms with Gasteiger partial charge in [-0.15, -0.1) is 11.8 Å². The first-order chi connectivity index (χ1) is 13.6. The molecule has 3 aliphatic rings. The summed E-state index contributed by atoms with van der Waals surface area (Å²) in [6, 6.07) is 5.77. The molecule has 0 unspecified atom stereocenters. The fourth-order valence-electron chi connectivity index (χ4n) is 4.28. The van der Waals surface area contributed by atoms with Crippen LogP contribution in [0.15, 0.2) is 23.1 Å². The molecule has 1 N–H and O–H groups in total. The van der Waals surface area contributed by atoms with Gasteiger partial charge in [-0.2, -0.15) is 0 Å². The zero-order valence-electron chi connectivity index (χ0n) is 16.1. The molecule has 1 aromatic carbocycles.